The van der Waals surface area contributed by atoms with Gasteiger partial charge in [0, 0.05) is 40.3 Å². The topological polar surface area (TPSA) is 38.7 Å². The number of thiophene rings is 2. The first-order valence-corrected chi connectivity index (χ1v) is 19.2. The third kappa shape index (κ3) is 3.59. The Morgan fingerprint density at radius 1 is 0.438 bits per heavy atom. The van der Waals surface area contributed by atoms with Gasteiger partial charge in [0.2, 0.25) is 5.30 Å². The minimum Gasteiger partial charge on any atom is -0.449 e. The van der Waals surface area contributed by atoms with E-state index in [1.54, 1.807) is 0 Å². The van der Waals surface area contributed by atoms with E-state index in [0.717, 1.165) is 38.2 Å². The van der Waals surface area contributed by atoms with Gasteiger partial charge in [-0.3, -0.25) is 0 Å². The average Bonchev–Trinajstić information content (AvgIpc) is 3.70. The smallest absolute Gasteiger partial charge is 0.253 e. The van der Waals surface area contributed by atoms with Crippen LogP contribution in [0.5, 0.6) is 23.0 Å². The Labute approximate surface area is 284 Å². The fraction of sp³-hybridized carbons (Fsp3) is 0. The number of hydrogen-bond donors (Lipinski definition) is 1. The fourth-order valence-corrected chi connectivity index (χ4v) is 13.1. The summed E-state index contributed by atoms with van der Waals surface area (Å²) in [5, 5.41) is 7.46. The molecule has 2 aliphatic rings. The second-order valence-electron chi connectivity index (χ2n) is 12.4. The lowest BCUT2D eigenvalue weighted by atomic mass is 10.0. The maximum atomic E-state index is 13.1. The van der Waals surface area contributed by atoms with Gasteiger partial charge in [0.25, 0.3) is 7.49 Å². The van der Waals surface area contributed by atoms with Crippen LogP contribution in [-0.2, 0) is 0 Å². The van der Waals surface area contributed by atoms with Crippen LogP contribution in [0.2, 0.25) is 0 Å². The number of benzene rings is 7. The molecule has 0 aliphatic carbocycles. The number of fused-ring (bicyclic) bond motifs is 10. The zero-order chi connectivity index (χ0) is 31.6. The van der Waals surface area contributed by atoms with Crippen LogP contribution in [0, 0.1) is 0 Å². The number of ether oxygens (including phenoxy) is 2. The van der Waals surface area contributed by atoms with Crippen molar-refractivity contribution in [3.63, 3.8) is 0 Å². The Kier molecular flexibility index (Phi) is 5.48. The number of hydrogen-bond acceptors (Lipinski definition) is 5. The molecule has 3 nitrogen and oxygen atoms in total. The summed E-state index contributed by atoms with van der Waals surface area (Å²) in [6.45, 7) is 0. The monoisotopic (exact) mass is 671 g/mol. The lowest BCUT2D eigenvalue weighted by Crippen LogP contribution is -2.39. The highest BCUT2D eigenvalue weighted by molar-refractivity contribution is 7.91. The van der Waals surface area contributed by atoms with Crippen molar-refractivity contribution in [3.05, 3.63) is 140 Å². The van der Waals surface area contributed by atoms with E-state index < -0.39 is 7.49 Å². The van der Waals surface area contributed by atoms with Gasteiger partial charge in [-0.2, -0.15) is 0 Å². The zero-order valence-corrected chi connectivity index (χ0v) is 27.8. The molecule has 48 heavy (non-hydrogen) atoms. The van der Waals surface area contributed by atoms with E-state index in [2.05, 4.69) is 121 Å². The lowest BCUT2D eigenvalue weighted by Gasteiger charge is -2.33. The molecule has 6 heteroatoms. The van der Waals surface area contributed by atoms with E-state index in [1.165, 1.54) is 40.3 Å². The van der Waals surface area contributed by atoms with Gasteiger partial charge in [0.05, 0.1) is 0 Å². The second-order valence-corrected chi connectivity index (χ2v) is 17.2. The first-order valence-electron chi connectivity index (χ1n) is 15.9. The van der Waals surface area contributed by atoms with Gasteiger partial charge in [-0.1, -0.05) is 78.9 Å². The van der Waals surface area contributed by atoms with E-state index in [-0.39, 0.29) is 0 Å². The Hall–Kier alpha value is -5.03. The molecule has 1 N–H and O–H groups in total. The molecule has 2 aliphatic heterocycles. The molecular weight excluding hydrogens is 648 g/mol. The van der Waals surface area contributed by atoms with Gasteiger partial charge in [-0.25, -0.2) is 4.89 Å². The Morgan fingerprint density at radius 2 is 0.896 bits per heavy atom. The SMILES string of the molecule is O[P+]12c3ccc(-c4cccc5c4sc4ccccc45)cc3Oc3cccc(c31)Oc1cc(-c3cccc4c3sc3ccccc34)ccc12. The summed E-state index contributed by atoms with van der Waals surface area (Å²) in [4.78, 5) is 13.1. The van der Waals surface area contributed by atoms with E-state index in [1.807, 2.05) is 40.9 Å². The average molecular weight is 672 g/mol. The maximum Gasteiger partial charge on any atom is 0.253 e. The van der Waals surface area contributed by atoms with Crippen LogP contribution in [0.1, 0.15) is 0 Å². The van der Waals surface area contributed by atoms with E-state index in [9.17, 15) is 4.89 Å². The molecule has 0 unspecified atom stereocenters. The van der Waals surface area contributed by atoms with Crippen LogP contribution >= 0.6 is 30.2 Å². The molecule has 226 valence electrons. The molecule has 0 amide bonds. The van der Waals surface area contributed by atoms with E-state index >= 15 is 0 Å². The van der Waals surface area contributed by atoms with Gasteiger partial charge in [-0.05, 0) is 82.9 Å². The van der Waals surface area contributed by atoms with Crippen LogP contribution in [0.4, 0.5) is 0 Å². The van der Waals surface area contributed by atoms with E-state index in [0.29, 0.717) is 23.0 Å². The summed E-state index contributed by atoms with van der Waals surface area (Å²) < 4.78 is 18.3. The Balaban J connectivity index is 1.08. The molecule has 7 aromatic carbocycles. The fourth-order valence-electron chi connectivity index (χ4n) is 7.60. The van der Waals surface area contributed by atoms with Crippen LogP contribution in [0.25, 0.3) is 62.6 Å². The van der Waals surface area contributed by atoms with Crippen molar-refractivity contribution in [1.82, 2.24) is 0 Å². The molecule has 4 heterocycles. The zero-order valence-electron chi connectivity index (χ0n) is 25.3. The van der Waals surface area contributed by atoms with Crippen molar-refractivity contribution < 1.29 is 14.4 Å². The Morgan fingerprint density at radius 3 is 1.42 bits per heavy atom. The maximum absolute atomic E-state index is 13.1. The summed E-state index contributed by atoms with van der Waals surface area (Å²) in [5.41, 5.74) is 4.46. The van der Waals surface area contributed by atoms with Crippen molar-refractivity contribution in [1.29, 1.82) is 0 Å². The minimum absolute atomic E-state index is 0.651. The molecule has 0 bridgehead atoms. The third-order valence-corrected chi connectivity index (χ3v) is 15.4. The lowest BCUT2D eigenvalue weighted by molar-refractivity contribution is 0.459. The van der Waals surface area contributed by atoms with Crippen LogP contribution in [0.3, 0.4) is 0 Å². The molecule has 0 saturated heterocycles. The minimum atomic E-state index is -3.08. The molecule has 0 spiro atoms. The highest BCUT2D eigenvalue weighted by Gasteiger charge is 2.58. The predicted octanol–water partition coefficient (Wildman–Crippen LogP) is 11.2. The van der Waals surface area contributed by atoms with Gasteiger partial charge in [-0.15, -0.1) is 22.7 Å². The van der Waals surface area contributed by atoms with E-state index in [4.69, 9.17) is 9.47 Å². The summed E-state index contributed by atoms with van der Waals surface area (Å²) >= 11 is 3.63. The van der Waals surface area contributed by atoms with Gasteiger partial charge >= 0.3 is 0 Å². The molecule has 2 aromatic heterocycles. The van der Waals surface area contributed by atoms with Crippen molar-refractivity contribution in [2.24, 2.45) is 0 Å². The highest BCUT2D eigenvalue weighted by atomic mass is 32.1. The van der Waals surface area contributed by atoms with Crippen molar-refractivity contribution in [2.45, 2.75) is 0 Å². The highest BCUT2D eigenvalue weighted by Crippen LogP contribution is 2.64. The standard InChI is InChI=1S/C42H24O3PS2/c43-46-36-20-18-24(26-10-5-12-30-28-8-1-3-16-38(28)47-41(26)30)22-34(36)44-32-14-7-15-33(40(32)46)45-35-23-25(19-21-37(35)46)27-11-6-13-31-29-9-2-4-17-39(29)48-42(27)31/h1-23,43H/q+1. The van der Waals surface area contributed by atoms with Crippen molar-refractivity contribution in [3.8, 4) is 45.3 Å². The summed E-state index contributed by atoms with van der Waals surface area (Å²) in [6.07, 6.45) is 0. The predicted molar refractivity (Wildman–Crippen MR) is 204 cm³/mol. The molecule has 11 rings (SSSR count). The largest absolute Gasteiger partial charge is 0.449 e. The summed E-state index contributed by atoms with van der Waals surface area (Å²) in [6, 6.07) is 48.6. The van der Waals surface area contributed by atoms with Gasteiger partial charge in [0.15, 0.2) is 33.6 Å². The van der Waals surface area contributed by atoms with Gasteiger partial charge in [0.1, 0.15) is 0 Å². The molecular formula is C42H24O3PS2+. The van der Waals surface area contributed by atoms with Crippen molar-refractivity contribution >= 4 is 86.4 Å². The summed E-state index contributed by atoms with van der Waals surface area (Å²) in [7, 11) is -3.08. The molecule has 9 aromatic rings. The molecule has 0 fully saturated rings. The van der Waals surface area contributed by atoms with Crippen LogP contribution in [-0.4, -0.2) is 4.89 Å². The second kappa shape index (κ2) is 9.76. The summed E-state index contributed by atoms with van der Waals surface area (Å²) in [5.74, 6) is 2.69. The molecule has 0 saturated carbocycles. The normalized spacial score (nSPS) is 14.0. The molecule has 0 atom stereocenters. The Bertz CT molecular complexity index is 2640. The first-order chi connectivity index (χ1) is 23.6. The third-order valence-electron chi connectivity index (χ3n) is 9.77. The van der Waals surface area contributed by atoms with Crippen LogP contribution < -0.4 is 25.4 Å². The van der Waals surface area contributed by atoms with Crippen LogP contribution in [0.15, 0.2) is 140 Å². The quantitative estimate of drug-likeness (QED) is 0.186. The number of rotatable bonds is 2. The van der Waals surface area contributed by atoms with Crippen molar-refractivity contribution in [2.75, 3.05) is 0 Å². The van der Waals surface area contributed by atoms with Gasteiger partial charge < -0.3 is 9.47 Å². The molecule has 0 radical (unpaired) electrons. The first kappa shape index (κ1) is 27.0.